The Balaban J connectivity index is 1.58. The number of benzene rings is 1. The van der Waals surface area contributed by atoms with Crippen molar-refractivity contribution < 1.29 is 0 Å². The maximum Gasteiger partial charge on any atom is 0.141 e. The lowest BCUT2D eigenvalue weighted by molar-refractivity contribution is 0.507. The van der Waals surface area contributed by atoms with Crippen LogP contribution in [0.2, 0.25) is 0 Å². The number of anilines is 1. The van der Waals surface area contributed by atoms with Gasteiger partial charge in [0, 0.05) is 53.5 Å². The van der Waals surface area contributed by atoms with Gasteiger partial charge in [0.05, 0.1) is 16.9 Å². The van der Waals surface area contributed by atoms with E-state index >= 15 is 0 Å². The maximum atomic E-state index is 6.22. The molecule has 28 heavy (non-hydrogen) atoms. The Morgan fingerprint density at radius 3 is 2.82 bits per heavy atom. The Hall–Kier alpha value is -2.83. The van der Waals surface area contributed by atoms with Crippen molar-refractivity contribution in [2.75, 3.05) is 18.0 Å². The number of thiazole rings is 1. The maximum absolute atomic E-state index is 6.22. The van der Waals surface area contributed by atoms with Gasteiger partial charge < -0.3 is 10.6 Å². The number of nitrogens with zero attached hydrogens (tertiary/aromatic N) is 4. The lowest BCUT2D eigenvalue weighted by Crippen LogP contribution is -2.42. The molecule has 6 heteroatoms. The van der Waals surface area contributed by atoms with Crippen LogP contribution in [0.1, 0.15) is 12.8 Å². The number of aromatic nitrogens is 3. The Kier molecular flexibility index (Phi) is 4.50. The van der Waals surface area contributed by atoms with E-state index in [0.717, 1.165) is 58.8 Å². The molecular formula is C22H21N5S. The van der Waals surface area contributed by atoms with Gasteiger partial charge in [0.1, 0.15) is 5.01 Å². The highest BCUT2D eigenvalue weighted by atomic mass is 32.1. The van der Waals surface area contributed by atoms with Gasteiger partial charge >= 0.3 is 0 Å². The molecule has 0 unspecified atom stereocenters. The van der Waals surface area contributed by atoms with Gasteiger partial charge in [-0.05, 0) is 43.2 Å². The highest BCUT2D eigenvalue weighted by Gasteiger charge is 2.19. The summed E-state index contributed by atoms with van der Waals surface area (Å²) in [6, 6.07) is 14.8. The summed E-state index contributed by atoms with van der Waals surface area (Å²) < 4.78 is 0. The summed E-state index contributed by atoms with van der Waals surface area (Å²) in [6.45, 7) is 1.93. The molecular weight excluding hydrogens is 366 g/mol. The number of rotatable bonds is 3. The first-order valence-corrected chi connectivity index (χ1v) is 10.4. The van der Waals surface area contributed by atoms with E-state index in [4.69, 9.17) is 10.7 Å². The SMILES string of the molecule is N[C@H]1CCCN(c2ccnc3ccc(-c4cccc(-c5nccs5)n4)cc23)C1. The van der Waals surface area contributed by atoms with Crippen LogP contribution < -0.4 is 10.6 Å². The van der Waals surface area contributed by atoms with Crippen molar-refractivity contribution in [1.29, 1.82) is 0 Å². The summed E-state index contributed by atoms with van der Waals surface area (Å²) in [6.07, 6.45) is 5.92. The summed E-state index contributed by atoms with van der Waals surface area (Å²) >= 11 is 1.60. The van der Waals surface area contributed by atoms with Crippen molar-refractivity contribution in [2.45, 2.75) is 18.9 Å². The van der Waals surface area contributed by atoms with Crippen molar-refractivity contribution in [3.8, 4) is 22.0 Å². The number of fused-ring (bicyclic) bond motifs is 1. The second kappa shape index (κ2) is 7.30. The third kappa shape index (κ3) is 3.25. The Morgan fingerprint density at radius 2 is 1.96 bits per heavy atom. The Labute approximate surface area is 167 Å². The van der Waals surface area contributed by atoms with Gasteiger partial charge in [0.2, 0.25) is 0 Å². The fourth-order valence-corrected chi connectivity index (χ4v) is 4.47. The lowest BCUT2D eigenvalue weighted by Gasteiger charge is -2.33. The van der Waals surface area contributed by atoms with Crippen molar-refractivity contribution >= 4 is 27.9 Å². The molecule has 1 saturated heterocycles. The van der Waals surface area contributed by atoms with E-state index < -0.39 is 0 Å². The summed E-state index contributed by atoms with van der Waals surface area (Å²) in [5, 5.41) is 4.06. The molecule has 4 aromatic rings. The molecule has 0 bridgehead atoms. The highest BCUT2D eigenvalue weighted by molar-refractivity contribution is 7.13. The number of nitrogens with two attached hydrogens (primary N) is 1. The smallest absolute Gasteiger partial charge is 0.141 e. The molecule has 0 spiro atoms. The quantitative estimate of drug-likeness (QED) is 0.566. The lowest BCUT2D eigenvalue weighted by atomic mass is 10.0. The highest BCUT2D eigenvalue weighted by Crippen LogP contribution is 2.32. The molecule has 4 heterocycles. The zero-order valence-electron chi connectivity index (χ0n) is 15.5. The number of hydrogen-bond donors (Lipinski definition) is 1. The van der Waals surface area contributed by atoms with Crippen LogP contribution in [-0.2, 0) is 0 Å². The molecule has 1 aromatic carbocycles. The first-order valence-electron chi connectivity index (χ1n) is 9.54. The van der Waals surface area contributed by atoms with E-state index in [0.29, 0.717) is 0 Å². The molecule has 1 atom stereocenters. The average Bonchev–Trinajstić information content (AvgIpc) is 3.28. The minimum absolute atomic E-state index is 0.233. The van der Waals surface area contributed by atoms with Gasteiger partial charge in [0.15, 0.2) is 0 Å². The van der Waals surface area contributed by atoms with Crippen LogP contribution in [0.15, 0.2) is 60.2 Å². The molecule has 2 N–H and O–H groups in total. The average molecular weight is 388 g/mol. The molecule has 1 aliphatic heterocycles. The van der Waals surface area contributed by atoms with Gasteiger partial charge in [0.25, 0.3) is 0 Å². The molecule has 0 radical (unpaired) electrons. The van der Waals surface area contributed by atoms with Gasteiger partial charge in [-0.1, -0.05) is 12.1 Å². The Morgan fingerprint density at radius 1 is 1.04 bits per heavy atom. The molecule has 5 nitrogen and oxygen atoms in total. The van der Waals surface area contributed by atoms with Crippen LogP contribution in [0, 0.1) is 0 Å². The minimum Gasteiger partial charge on any atom is -0.369 e. The summed E-state index contributed by atoms with van der Waals surface area (Å²) in [5.41, 5.74) is 11.4. The number of pyridine rings is 2. The standard InChI is InChI=1S/C22H21N5S/c23-16-3-2-11-27(14-16)21-8-9-24-19-7-6-15(13-17(19)21)18-4-1-5-20(26-18)22-25-10-12-28-22/h1,4-10,12-13,16H,2-3,11,14,23H2/t16-/m0/s1. The van der Waals surface area contributed by atoms with Gasteiger partial charge in [-0.3, -0.25) is 4.98 Å². The largest absolute Gasteiger partial charge is 0.369 e. The van der Waals surface area contributed by atoms with Crippen LogP contribution in [0.3, 0.4) is 0 Å². The minimum atomic E-state index is 0.233. The summed E-state index contributed by atoms with van der Waals surface area (Å²) in [5.74, 6) is 0. The molecule has 0 amide bonds. The Bertz CT molecular complexity index is 1110. The second-order valence-electron chi connectivity index (χ2n) is 7.16. The monoisotopic (exact) mass is 387 g/mol. The van der Waals surface area contributed by atoms with Crippen LogP contribution in [0.4, 0.5) is 5.69 Å². The molecule has 0 aliphatic carbocycles. The van der Waals surface area contributed by atoms with Crippen molar-refractivity contribution in [2.24, 2.45) is 5.73 Å². The zero-order chi connectivity index (χ0) is 18.9. The van der Waals surface area contributed by atoms with Crippen molar-refractivity contribution in [1.82, 2.24) is 15.0 Å². The van der Waals surface area contributed by atoms with Crippen molar-refractivity contribution in [3.05, 3.63) is 60.2 Å². The van der Waals surface area contributed by atoms with Gasteiger partial charge in [-0.15, -0.1) is 11.3 Å². The second-order valence-corrected chi connectivity index (χ2v) is 8.05. The van der Waals surface area contributed by atoms with Crippen molar-refractivity contribution in [3.63, 3.8) is 0 Å². The van der Waals surface area contributed by atoms with Crippen LogP contribution in [0.25, 0.3) is 32.9 Å². The van der Waals surface area contributed by atoms with E-state index in [1.807, 2.05) is 36.0 Å². The van der Waals surface area contributed by atoms with Crippen LogP contribution in [-0.4, -0.2) is 34.1 Å². The topological polar surface area (TPSA) is 67.9 Å². The number of piperidine rings is 1. The first kappa shape index (κ1) is 17.3. The third-order valence-corrected chi connectivity index (χ3v) is 6.01. The zero-order valence-corrected chi connectivity index (χ0v) is 16.3. The van der Waals surface area contributed by atoms with E-state index in [-0.39, 0.29) is 6.04 Å². The normalized spacial score (nSPS) is 17.2. The molecule has 0 saturated carbocycles. The number of hydrogen-bond acceptors (Lipinski definition) is 6. The molecule has 3 aromatic heterocycles. The molecule has 5 rings (SSSR count). The van der Waals surface area contributed by atoms with E-state index in [2.05, 4.69) is 39.1 Å². The first-order chi connectivity index (χ1) is 13.8. The molecule has 1 fully saturated rings. The predicted octanol–water partition coefficient (Wildman–Crippen LogP) is 4.35. The van der Waals surface area contributed by atoms with Crippen LogP contribution >= 0.6 is 11.3 Å². The summed E-state index contributed by atoms with van der Waals surface area (Å²) in [7, 11) is 0. The van der Waals surface area contributed by atoms with Gasteiger partial charge in [-0.2, -0.15) is 0 Å². The fourth-order valence-electron chi connectivity index (χ4n) is 3.86. The molecule has 1 aliphatic rings. The van der Waals surface area contributed by atoms with E-state index in [9.17, 15) is 0 Å². The summed E-state index contributed by atoms with van der Waals surface area (Å²) in [4.78, 5) is 16.2. The van der Waals surface area contributed by atoms with E-state index in [1.165, 1.54) is 5.69 Å². The fraction of sp³-hybridized carbons (Fsp3) is 0.227. The molecule has 140 valence electrons. The van der Waals surface area contributed by atoms with E-state index in [1.54, 1.807) is 11.3 Å². The third-order valence-electron chi connectivity index (χ3n) is 5.21. The van der Waals surface area contributed by atoms with Gasteiger partial charge in [-0.25, -0.2) is 9.97 Å². The van der Waals surface area contributed by atoms with Crippen LogP contribution in [0.5, 0.6) is 0 Å². The predicted molar refractivity (Wildman–Crippen MR) is 116 cm³/mol.